The molecule has 38 heavy (non-hydrogen) atoms. The minimum absolute atomic E-state index is 0.372. The zero-order chi connectivity index (χ0) is 26.4. The molecule has 1 heterocycles. The van der Waals surface area contributed by atoms with Gasteiger partial charge >= 0.3 is 5.48 Å². The van der Waals surface area contributed by atoms with E-state index in [0.29, 0.717) is 6.60 Å². The van der Waals surface area contributed by atoms with Crippen LogP contribution in [0, 0.1) is 0 Å². The van der Waals surface area contributed by atoms with Crippen molar-refractivity contribution in [2.45, 2.75) is 0 Å². The lowest BCUT2D eigenvalue weighted by Gasteiger charge is -2.50. The Bertz CT molecular complexity index is 1840. The SMILES string of the molecule is C[P+](C)(C)[B-]1([P+](C)(C)C)B(c2c3ccccc3cc3ccccc23)c2cccc3cc4ccccc4c1c23. The lowest BCUT2D eigenvalue weighted by atomic mass is 9.15. The highest BCUT2D eigenvalue weighted by Crippen LogP contribution is 2.76. The summed E-state index contributed by atoms with van der Waals surface area (Å²) in [7, 11) is -2.86. The highest BCUT2D eigenvalue weighted by molar-refractivity contribution is 8.46. The molecule has 0 amide bonds. The first-order valence-corrected chi connectivity index (χ1v) is 20.2. The van der Waals surface area contributed by atoms with E-state index in [-0.39, 0.29) is 0 Å². The molecular weight excluding hydrogens is 492 g/mol. The van der Waals surface area contributed by atoms with Crippen molar-refractivity contribution < 1.29 is 0 Å². The summed E-state index contributed by atoms with van der Waals surface area (Å²) < 4.78 is 0. The van der Waals surface area contributed by atoms with Crippen molar-refractivity contribution in [1.29, 1.82) is 0 Å². The standard InChI is InChI=1S/C34H35B2P2/c1-37(2,3)36(38(4,5)6)34-30-20-12-9-16-26(30)23-27-17-13-21-31(32(27)34)35(36)33-28-18-10-7-14-24(28)22-25-15-8-11-19-29(25)33/h7-23H,1-6H3/q+1. The van der Waals surface area contributed by atoms with Crippen molar-refractivity contribution >= 4 is 85.8 Å². The first kappa shape index (κ1) is 24.4. The molecular formula is C34H35B2P2+. The van der Waals surface area contributed by atoms with Gasteiger partial charge in [-0.2, -0.15) is 0 Å². The van der Waals surface area contributed by atoms with Crippen LogP contribution in [0.3, 0.4) is 0 Å². The molecule has 4 heteroatoms. The number of rotatable bonds is 3. The molecule has 1 aliphatic rings. The maximum absolute atomic E-state index is 2.65. The Hall–Kier alpha value is -2.65. The topological polar surface area (TPSA) is 0 Å². The van der Waals surface area contributed by atoms with E-state index in [9.17, 15) is 0 Å². The molecule has 0 saturated heterocycles. The molecule has 186 valence electrons. The largest absolute Gasteiger partial charge is 0.316 e. The van der Waals surface area contributed by atoms with Crippen LogP contribution < -0.4 is 16.4 Å². The minimum Gasteiger partial charge on any atom is -0.117 e. The van der Waals surface area contributed by atoms with Gasteiger partial charge in [0.25, 0.3) is 0 Å². The van der Waals surface area contributed by atoms with E-state index in [1.54, 1.807) is 21.8 Å². The highest BCUT2D eigenvalue weighted by Gasteiger charge is 2.69. The molecule has 0 saturated carbocycles. The Morgan fingerprint density at radius 1 is 0.500 bits per heavy atom. The number of benzene rings is 6. The van der Waals surface area contributed by atoms with Crippen LogP contribution in [-0.2, 0) is 0 Å². The fourth-order valence-electron chi connectivity index (χ4n) is 8.79. The normalized spacial score (nSPS) is 15.3. The summed E-state index contributed by atoms with van der Waals surface area (Å²) in [5.74, 6) is 0. The third-order valence-corrected chi connectivity index (χ3v) is 19.7. The van der Waals surface area contributed by atoms with Gasteiger partial charge in [0.2, 0.25) is 0 Å². The van der Waals surface area contributed by atoms with Crippen molar-refractivity contribution in [3.8, 4) is 0 Å². The van der Waals surface area contributed by atoms with Crippen LogP contribution in [0.4, 0.5) is 0 Å². The molecule has 0 bridgehead atoms. The summed E-state index contributed by atoms with van der Waals surface area (Å²) in [4.78, 5) is 0. The van der Waals surface area contributed by atoms with E-state index in [2.05, 4.69) is 143 Å². The Labute approximate surface area is 228 Å². The predicted molar refractivity (Wildman–Crippen MR) is 183 cm³/mol. The Morgan fingerprint density at radius 3 is 1.50 bits per heavy atom. The summed E-state index contributed by atoms with van der Waals surface area (Å²) in [6.45, 7) is 16.3. The molecule has 0 atom stereocenters. The fourth-order valence-corrected chi connectivity index (χ4v) is 21.6. The van der Waals surface area contributed by atoms with Crippen LogP contribution in [0.5, 0.6) is 0 Å². The molecule has 0 aromatic heterocycles. The van der Waals surface area contributed by atoms with Gasteiger partial charge in [-0.25, -0.2) is 0 Å². The van der Waals surface area contributed by atoms with E-state index in [4.69, 9.17) is 0 Å². The minimum atomic E-state index is -1.43. The first-order chi connectivity index (χ1) is 18.1. The zero-order valence-corrected chi connectivity index (χ0v) is 25.2. The molecule has 0 fully saturated rings. The molecule has 0 nitrogen and oxygen atoms in total. The van der Waals surface area contributed by atoms with Crippen LogP contribution in [0.15, 0.2) is 103 Å². The molecule has 0 aliphatic carbocycles. The number of hydrogen-bond donors (Lipinski definition) is 0. The predicted octanol–water partition coefficient (Wildman–Crippen LogP) is 7.46. The van der Waals surface area contributed by atoms with Crippen molar-refractivity contribution in [3.63, 3.8) is 0 Å². The fraction of sp³-hybridized carbons (Fsp3) is 0.176. The van der Waals surface area contributed by atoms with E-state index >= 15 is 0 Å². The van der Waals surface area contributed by atoms with Gasteiger partial charge in [0.05, 0.1) is 0 Å². The summed E-state index contributed by atoms with van der Waals surface area (Å²) >= 11 is 0. The van der Waals surface area contributed by atoms with Crippen molar-refractivity contribution in [3.05, 3.63) is 103 Å². The molecule has 0 spiro atoms. The molecule has 0 radical (unpaired) electrons. The average molecular weight is 527 g/mol. The Kier molecular flexibility index (Phi) is 5.25. The summed E-state index contributed by atoms with van der Waals surface area (Å²) in [6, 6.07) is 39.5. The maximum atomic E-state index is 2.65. The summed E-state index contributed by atoms with van der Waals surface area (Å²) in [6.07, 6.45) is 0. The van der Waals surface area contributed by atoms with Gasteiger partial charge in [-0.15, -0.1) is 19.7 Å². The Balaban J connectivity index is 1.79. The molecule has 0 unspecified atom stereocenters. The van der Waals surface area contributed by atoms with Gasteiger partial charge in [0, 0.05) is 40.0 Å². The van der Waals surface area contributed by atoms with Crippen molar-refractivity contribution in [1.82, 2.24) is 0 Å². The average Bonchev–Trinajstić information content (AvgIpc) is 3.21. The smallest absolute Gasteiger partial charge is 0.117 e. The van der Waals surface area contributed by atoms with E-state index in [1.165, 1.54) is 37.7 Å². The van der Waals surface area contributed by atoms with Crippen LogP contribution in [0.2, 0.25) is 0 Å². The van der Waals surface area contributed by atoms with E-state index < -0.39 is 19.8 Å². The van der Waals surface area contributed by atoms with Gasteiger partial charge in [0.1, 0.15) is 0 Å². The number of hydrogen-bond acceptors (Lipinski definition) is 0. The second-order valence-corrected chi connectivity index (χ2v) is 23.7. The first-order valence-electron chi connectivity index (χ1n) is 13.8. The second-order valence-electron chi connectivity index (χ2n) is 13.2. The molecule has 6 aromatic carbocycles. The Morgan fingerprint density at radius 2 is 0.947 bits per heavy atom. The van der Waals surface area contributed by atoms with Crippen LogP contribution in [0.25, 0.3) is 43.1 Å². The van der Waals surface area contributed by atoms with Gasteiger partial charge in [0.15, 0.2) is 6.60 Å². The molecule has 7 rings (SSSR count). The molecule has 1 aliphatic heterocycles. The third-order valence-electron chi connectivity index (χ3n) is 9.67. The van der Waals surface area contributed by atoms with Crippen LogP contribution >= 0.6 is 14.3 Å². The van der Waals surface area contributed by atoms with Crippen LogP contribution in [-0.4, -0.2) is 52.1 Å². The second kappa shape index (κ2) is 8.18. The van der Waals surface area contributed by atoms with Gasteiger partial charge in [-0.3, -0.25) is 0 Å². The van der Waals surface area contributed by atoms with E-state index in [1.807, 2.05) is 0 Å². The van der Waals surface area contributed by atoms with Crippen LogP contribution in [0.1, 0.15) is 0 Å². The quantitative estimate of drug-likeness (QED) is 0.127. The van der Waals surface area contributed by atoms with Crippen molar-refractivity contribution in [2.24, 2.45) is 0 Å². The summed E-state index contributed by atoms with van der Waals surface area (Å²) in [5, 5.41) is 11.4. The summed E-state index contributed by atoms with van der Waals surface area (Å²) in [5.41, 5.74) is 3.89. The zero-order valence-electron chi connectivity index (χ0n) is 23.4. The molecule has 6 aromatic rings. The lowest BCUT2D eigenvalue weighted by Crippen LogP contribution is -2.67. The monoisotopic (exact) mass is 527 g/mol. The van der Waals surface area contributed by atoms with Gasteiger partial charge in [-0.05, 0) is 49.8 Å². The lowest BCUT2D eigenvalue weighted by molar-refractivity contribution is 1.78. The highest BCUT2D eigenvalue weighted by atomic mass is 31.2. The van der Waals surface area contributed by atoms with E-state index in [0.717, 1.165) is 0 Å². The van der Waals surface area contributed by atoms with Gasteiger partial charge < -0.3 is 0 Å². The third kappa shape index (κ3) is 3.09. The molecule has 0 N–H and O–H groups in total. The van der Waals surface area contributed by atoms with Crippen molar-refractivity contribution in [2.75, 3.05) is 40.0 Å². The van der Waals surface area contributed by atoms with Gasteiger partial charge in [-0.1, -0.05) is 107 Å². The number of fused-ring (bicyclic) bond motifs is 4. The maximum Gasteiger partial charge on any atom is 0.316 e.